The molecule has 98 valence electrons. The number of aromatic nitrogens is 2. The summed E-state index contributed by atoms with van der Waals surface area (Å²) < 4.78 is 1.82. The average molecular weight is 255 g/mol. The highest BCUT2D eigenvalue weighted by Gasteiger charge is 2.38. The maximum Gasteiger partial charge on any atom is 0.223 e. The maximum absolute atomic E-state index is 11.7. The van der Waals surface area contributed by atoms with E-state index in [-0.39, 0.29) is 11.8 Å². The normalized spacial score (nSPS) is 21.1. The molecule has 0 radical (unpaired) electrons. The molecule has 1 aliphatic rings. The van der Waals surface area contributed by atoms with Gasteiger partial charge in [-0.15, -0.1) is 0 Å². The minimum absolute atomic E-state index is 0.167. The Balaban J connectivity index is 1.61. The fraction of sp³-hybridized carbons (Fsp3) is 0.333. The van der Waals surface area contributed by atoms with Gasteiger partial charge in [0.05, 0.1) is 11.9 Å². The van der Waals surface area contributed by atoms with Crippen molar-refractivity contribution < 1.29 is 4.79 Å². The van der Waals surface area contributed by atoms with Gasteiger partial charge in [0.2, 0.25) is 5.91 Å². The molecule has 1 saturated carbocycles. The van der Waals surface area contributed by atoms with Crippen molar-refractivity contribution in [3.05, 3.63) is 48.3 Å². The Bertz CT molecular complexity index is 576. The van der Waals surface area contributed by atoms with Gasteiger partial charge < -0.3 is 5.32 Å². The first-order chi connectivity index (χ1) is 9.24. The Hall–Kier alpha value is -2.10. The molecule has 0 bridgehead atoms. The first-order valence-corrected chi connectivity index (χ1v) is 6.61. The Kier molecular flexibility index (Phi) is 3.07. The molecule has 4 heteroatoms. The predicted octanol–water partition coefficient (Wildman–Crippen LogP) is 2.14. The molecule has 2 atom stereocenters. The van der Waals surface area contributed by atoms with Crippen molar-refractivity contribution in [1.82, 2.24) is 15.1 Å². The van der Waals surface area contributed by atoms with Crippen molar-refractivity contribution in [3.8, 4) is 5.69 Å². The summed E-state index contributed by atoms with van der Waals surface area (Å²) >= 11 is 0. The van der Waals surface area contributed by atoms with E-state index in [0.717, 1.165) is 17.7 Å². The summed E-state index contributed by atoms with van der Waals surface area (Å²) in [5, 5.41) is 7.27. The van der Waals surface area contributed by atoms with Crippen molar-refractivity contribution in [1.29, 1.82) is 0 Å². The zero-order valence-corrected chi connectivity index (χ0v) is 10.9. The summed E-state index contributed by atoms with van der Waals surface area (Å²) in [5.41, 5.74) is 2.04. The second kappa shape index (κ2) is 4.88. The molecule has 1 amide bonds. The van der Waals surface area contributed by atoms with Crippen LogP contribution in [-0.4, -0.2) is 15.7 Å². The lowest BCUT2D eigenvalue weighted by Crippen LogP contribution is -2.24. The lowest BCUT2D eigenvalue weighted by atomic mass is 10.3. The van der Waals surface area contributed by atoms with Crippen molar-refractivity contribution >= 4 is 5.91 Å². The van der Waals surface area contributed by atoms with Crippen LogP contribution in [0.4, 0.5) is 0 Å². The molecule has 1 aromatic carbocycles. The quantitative estimate of drug-likeness (QED) is 0.910. The molecule has 1 N–H and O–H groups in total. The van der Waals surface area contributed by atoms with Gasteiger partial charge in [-0.3, -0.25) is 4.79 Å². The molecule has 19 heavy (non-hydrogen) atoms. The first kappa shape index (κ1) is 12.0. The zero-order chi connectivity index (χ0) is 13.2. The van der Waals surface area contributed by atoms with E-state index in [0.29, 0.717) is 12.5 Å². The van der Waals surface area contributed by atoms with Gasteiger partial charge in [-0.2, -0.15) is 5.10 Å². The van der Waals surface area contributed by atoms with E-state index in [1.165, 1.54) is 0 Å². The molecule has 1 aromatic heterocycles. The fourth-order valence-electron chi connectivity index (χ4n) is 2.18. The van der Waals surface area contributed by atoms with E-state index in [1.54, 1.807) is 6.20 Å². The standard InChI is InChI=1S/C15H17N3O/c1-11-7-14(11)15(19)16-8-12-9-17-18(10-12)13-5-3-2-4-6-13/h2-6,9-11,14H,7-8H2,1H3,(H,16,19). The van der Waals surface area contributed by atoms with Gasteiger partial charge in [0.1, 0.15) is 0 Å². The Morgan fingerprint density at radius 1 is 1.42 bits per heavy atom. The largest absolute Gasteiger partial charge is 0.352 e. The number of rotatable bonds is 4. The van der Waals surface area contributed by atoms with Crippen LogP contribution < -0.4 is 5.32 Å². The Morgan fingerprint density at radius 2 is 2.16 bits per heavy atom. The van der Waals surface area contributed by atoms with Gasteiger partial charge in [0.25, 0.3) is 0 Å². The van der Waals surface area contributed by atoms with Crippen LogP contribution in [0.25, 0.3) is 5.69 Å². The summed E-state index contributed by atoms with van der Waals surface area (Å²) in [7, 11) is 0. The van der Waals surface area contributed by atoms with Crippen molar-refractivity contribution in [2.45, 2.75) is 19.9 Å². The number of amides is 1. The molecule has 0 aliphatic heterocycles. The van der Waals surface area contributed by atoms with E-state index in [2.05, 4.69) is 17.3 Å². The van der Waals surface area contributed by atoms with E-state index in [9.17, 15) is 4.79 Å². The second-order valence-electron chi connectivity index (χ2n) is 5.17. The topological polar surface area (TPSA) is 46.9 Å². The van der Waals surface area contributed by atoms with Crippen LogP contribution in [0.1, 0.15) is 18.9 Å². The van der Waals surface area contributed by atoms with Gasteiger partial charge in [-0.25, -0.2) is 4.68 Å². The number of benzene rings is 1. The van der Waals surface area contributed by atoms with Gasteiger partial charge in [0, 0.05) is 24.2 Å². The molecule has 3 rings (SSSR count). The SMILES string of the molecule is CC1CC1C(=O)NCc1cnn(-c2ccccc2)c1. The molecule has 4 nitrogen and oxygen atoms in total. The molecule has 1 fully saturated rings. The lowest BCUT2D eigenvalue weighted by Gasteiger charge is -2.02. The van der Waals surface area contributed by atoms with Crippen LogP contribution in [0.2, 0.25) is 0 Å². The fourth-order valence-corrected chi connectivity index (χ4v) is 2.18. The lowest BCUT2D eigenvalue weighted by molar-refractivity contribution is -0.122. The second-order valence-corrected chi connectivity index (χ2v) is 5.17. The third-order valence-corrected chi connectivity index (χ3v) is 3.57. The number of nitrogens with one attached hydrogen (secondary N) is 1. The van der Waals surface area contributed by atoms with Crippen molar-refractivity contribution in [3.63, 3.8) is 0 Å². The highest BCUT2D eigenvalue weighted by molar-refractivity contribution is 5.81. The van der Waals surface area contributed by atoms with E-state index >= 15 is 0 Å². The maximum atomic E-state index is 11.7. The molecule has 0 saturated heterocycles. The number of para-hydroxylation sites is 1. The first-order valence-electron chi connectivity index (χ1n) is 6.61. The zero-order valence-electron chi connectivity index (χ0n) is 10.9. The highest BCUT2D eigenvalue weighted by atomic mass is 16.2. The van der Waals surface area contributed by atoms with Crippen molar-refractivity contribution in [2.24, 2.45) is 11.8 Å². The van der Waals surface area contributed by atoms with Gasteiger partial charge in [0.15, 0.2) is 0 Å². The third kappa shape index (κ3) is 2.67. The van der Waals surface area contributed by atoms with Gasteiger partial charge >= 0.3 is 0 Å². The minimum Gasteiger partial charge on any atom is -0.352 e. The molecule has 1 heterocycles. The smallest absolute Gasteiger partial charge is 0.223 e. The Labute approximate surface area is 112 Å². The summed E-state index contributed by atoms with van der Waals surface area (Å²) in [4.78, 5) is 11.7. The van der Waals surface area contributed by atoms with Crippen LogP contribution in [0.15, 0.2) is 42.7 Å². The summed E-state index contributed by atoms with van der Waals surface area (Å²) in [6.45, 7) is 2.66. The number of nitrogens with zero attached hydrogens (tertiary/aromatic N) is 2. The number of hydrogen-bond donors (Lipinski definition) is 1. The van der Waals surface area contributed by atoms with E-state index in [4.69, 9.17) is 0 Å². The number of carbonyl (C=O) groups is 1. The van der Waals surface area contributed by atoms with Gasteiger partial charge in [-0.1, -0.05) is 25.1 Å². The summed E-state index contributed by atoms with van der Waals surface area (Å²) in [6.07, 6.45) is 4.77. The van der Waals surface area contributed by atoms with Crippen molar-refractivity contribution in [2.75, 3.05) is 0 Å². The van der Waals surface area contributed by atoms with Gasteiger partial charge in [-0.05, 0) is 24.5 Å². The molecule has 0 spiro atoms. The molecular weight excluding hydrogens is 238 g/mol. The highest BCUT2D eigenvalue weighted by Crippen LogP contribution is 2.37. The minimum atomic E-state index is 0.167. The molecule has 1 aliphatic carbocycles. The Morgan fingerprint density at radius 3 is 2.84 bits per heavy atom. The number of carbonyl (C=O) groups excluding carboxylic acids is 1. The van der Waals surface area contributed by atoms with Crippen LogP contribution >= 0.6 is 0 Å². The molecular formula is C15H17N3O. The monoisotopic (exact) mass is 255 g/mol. The van der Waals surface area contributed by atoms with Crippen LogP contribution in [-0.2, 0) is 11.3 Å². The average Bonchev–Trinajstić information content (AvgIpc) is 3.00. The third-order valence-electron chi connectivity index (χ3n) is 3.57. The summed E-state index contributed by atoms with van der Waals surface area (Å²) in [6, 6.07) is 9.94. The van der Waals surface area contributed by atoms with Crippen LogP contribution in [0.3, 0.4) is 0 Å². The van der Waals surface area contributed by atoms with Crippen LogP contribution in [0.5, 0.6) is 0 Å². The predicted molar refractivity (Wildman–Crippen MR) is 72.7 cm³/mol. The number of hydrogen-bond acceptors (Lipinski definition) is 2. The molecule has 2 aromatic rings. The van der Waals surface area contributed by atoms with E-state index < -0.39 is 0 Å². The van der Waals surface area contributed by atoms with Crippen LogP contribution in [0, 0.1) is 11.8 Å². The van der Waals surface area contributed by atoms with E-state index in [1.807, 2.05) is 41.2 Å². The molecule has 2 unspecified atom stereocenters. The summed E-state index contributed by atoms with van der Waals surface area (Å²) in [5.74, 6) is 0.941.